The normalized spacial score (nSPS) is 16.2. The maximum absolute atomic E-state index is 12.1. The van der Waals surface area contributed by atoms with E-state index >= 15 is 0 Å². The number of esters is 1. The third kappa shape index (κ3) is 3.29. The molecule has 1 aliphatic rings. The molecule has 0 bridgehead atoms. The summed E-state index contributed by atoms with van der Waals surface area (Å²) in [6.07, 6.45) is -0.791. The third-order valence-electron chi connectivity index (χ3n) is 3.16. The average Bonchev–Trinajstić information content (AvgIpc) is 2.53. The van der Waals surface area contributed by atoms with Gasteiger partial charge in [-0.05, 0) is 24.3 Å². The summed E-state index contributed by atoms with van der Waals surface area (Å²) in [6, 6.07) is 12.2. The van der Waals surface area contributed by atoms with Gasteiger partial charge in [-0.2, -0.15) is 0 Å². The molecule has 1 heterocycles. The number of rotatable bonds is 3. The van der Waals surface area contributed by atoms with E-state index in [0.29, 0.717) is 27.1 Å². The Morgan fingerprint density at radius 3 is 2.73 bits per heavy atom. The number of fused-ring (bicyclic) bond motifs is 1. The van der Waals surface area contributed by atoms with Crippen molar-refractivity contribution in [2.24, 2.45) is 0 Å². The maximum atomic E-state index is 12.1. The molecule has 0 N–H and O–H groups in total. The molecule has 0 radical (unpaired) electrons. The van der Waals surface area contributed by atoms with Gasteiger partial charge in [-0.3, -0.25) is 0 Å². The van der Waals surface area contributed by atoms with Crippen molar-refractivity contribution in [2.75, 3.05) is 6.61 Å². The highest BCUT2D eigenvalue weighted by atomic mass is 35.5. The van der Waals surface area contributed by atoms with Crippen LogP contribution in [0.1, 0.15) is 5.56 Å². The number of carbonyl (C=O) groups excluding carboxylic acids is 1. The van der Waals surface area contributed by atoms with Gasteiger partial charge in [0.05, 0.1) is 0 Å². The topological polar surface area (TPSA) is 44.8 Å². The summed E-state index contributed by atoms with van der Waals surface area (Å²) in [7, 11) is 0. The first-order chi connectivity index (χ1) is 10.6. The van der Waals surface area contributed by atoms with Crippen LogP contribution in [0.25, 0.3) is 0 Å². The Labute approximate surface area is 137 Å². The molecular weight excluding hydrogens is 327 g/mol. The molecule has 22 heavy (non-hydrogen) atoms. The Balaban J connectivity index is 1.61. The number of halogens is 2. The first-order valence-corrected chi connectivity index (χ1v) is 7.38. The number of ether oxygens (including phenoxy) is 3. The SMILES string of the molecule is O=C(OCc1ccc(Cl)cc1Cl)C1COc2ccccc2O1. The predicted octanol–water partition coefficient (Wildman–Crippen LogP) is 3.88. The molecule has 0 amide bonds. The second kappa shape index (κ2) is 6.46. The molecule has 4 nitrogen and oxygen atoms in total. The maximum Gasteiger partial charge on any atom is 0.351 e. The van der Waals surface area contributed by atoms with E-state index in [1.54, 1.807) is 30.3 Å². The van der Waals surface area contributed by atoms with Crippen molar-refractivity contribution >= 4 is 29.2 Å². The molecule has 1 aliphatic heterocycles. The van der Waals surface area contributed by atoms with E-state index in [0.717, 1.165) is 0 Å². The molecule has 0 saturated heterocycles. The van der Waals surface area contributed by atoms with E-state index in [1.165, 1.54) is 0 Å². The highest BCUT2D eigenvalue weighted by Gasteiger charge is 2.28. The van der Waals surface area contributed by atoms with E-state index in [1.807, 2.05) is 12.1 Å². The fourth-order valence-corrected chi connectivity index (χ4v) is 2.48. The quantitative estimate of drug-likeness (QED) is 0.796. The van der Waals surface area contributed by atoms with Gasteiger partial charge >= 0.3 is 5.97 Å². The van der Waals surface area contributed by atoms with Crippen molar-refractivity contribution < 1.29 is 19.0 Å². The van der Waals surface area contributed by atoms with Crippen molar-refractivity contribution in [3.8, 4) is 11.5 Å². The zero-order valence-corrected chi connectivity index (χ0v) is 12.9. The summed E-state index contributed by atoms with van der Waals surface area (Å²) in [5.41, 5.74) is 0.677. The summed E-state index contributed by atoms with van der Waals surface area (Å²) < 4.78 is 16.3. The third-order valence-corrected chi connectivity index (χ3v) is 3.74. The molecule has 2 aromatic carbocycles. The van der Waals surface area contributed by atoms with Crippen LogP contribution in [-0.2, 0) is 16.1 Å². The standard InChI is InChI=1S/C16H12Cl2O4/c17-11-6-5-10(12(18)7-11)8-21-16(19)15-9-20-13-3-1-2-4-14(13)22-15/h1-7,15H,8-9H2. The van der Waals surface area contributed by atoms with Crippen LogP contribution in [0.3, 0.4) is 0 Å². The van der Waals surface area contributed by atoms with E-state index in [-0.39, 0.29) is 13.2 Å². The molecule has 1 unspecified atom stereocenters. The van der Waals surface area contributed by atoms with Crippen LogP contribution in [0.4, 0.5) is 0 Å². The van der Waals surface area contributed by atoms with Crippen molar-refractivity contribution in [3.05, 3.63) is 58.1 Å². The Morgan fingerprint density at radius 1 is 1.18 bits per heavy atom. The van der Waals surface area contributed by atoms with Gasteiger partial charge in [0, 0.05) is 15.6 Å². The molecule has 1 atom stereocenters. The van der Waals surface area contributed by atoms with Gasteiger partial charge in [-0.15, -0.1) is 0 Å². The molecule has 6 heteroatoms. The lowest BCUT2D eigenvalue weighted by Gasteiger charge is -2.25. The van der Waals surface area contributed by atoms with Crippen molar-refractivity contribution in [2.45, 2.75) is 12.7 Å². The van der Waals surface area contributed by atoms with Crippen LogP contribution >= 0.6 is 23.2 Å². The first-order valence-electron chi connectivity index (χ1n) is 6.62. The van der Waals surface area contributed by atoms with Gasteiger partial charge in [0.15, 0.2) is 11.5 Å². The van der Waals surface area contributed by atoms with E-state index in [4.69, 9.17) is 37.4 Å². The van der Waals surface area contributed by atoms with Crippen LogP contribution in [0.2, 0.25) is 10.0 Å². The highest BCUT2D eigenvalue weighted by Crippen LogP contribution is 2.31. The number of hydrogen-bond donors (Lipinski definition) is 0. The van der Waals surface area contributed by atoms with Crippen molar-refractivity contribution in [1.82, 2.24) is 0 Å². The molecule has 0 aromatic heterocycles. The molecule has 0 saturated carbocycles. The summed E-state index contributed by atoms with van der Waals surface area (Å²) in [4.78, 5) is 12.1. The largest absolute Gasteiger partial charge is 0.485 e. The minimum absolute atomic E-state index is 0.0519. The van der Waals surface area contributed by atoms with Gasteiger partial charge in [-0.1, -0.05) is 41.4 Å². The minimum atomic E-state index is -0.791. The zero-order valence-electron chi connectivity index (χ0n) is 11.4. The van der Waals surface area contributed by atoms with Gasteiger partial charge in [0.2, 0.25) is 6.10 Å². The summed E-state index contributed by atoms with van der Waals surface area (Å²) in [5.74, 6) is 0.646. The summed E-state index contributed by atoms with van der Waals surface area (Å²) in [5, 5.41) is 0.979. The van der Waals surface area contributed by atoms with E-state index in [2.05, 4.69) is 0 Å². The predicted molar refractivity (Wildman–Crippen MR) is 82.6 cm³/mol. The fraction of sp³-hybridized carbons (Fsp3) is 0.188. The smallest absolute Gasteiger partial charge is 0.351 e. The second-order valence-corrected chi connectivity index (χ2v) is 5.55. The van der Waals surface area contributed by atoms with Gasteiger partial charge in [-0.25, -0.2) is 4.79 Å². The molecule has 0 spiro atoms. The zero-order chi connectivity index (χ0) is 15.5. The van der Waals surface area contributed by atoms with Gasteiger partial charge < -0.3 is 14.2 Å². The molecule has 0 fully saturated rings. The van der Waals surface area contributed by atoms with Crippen LogP contribution in [0.15, 0.2) is 42.5 Å². The van der Waals surface area contributed by atoms with Crippen LogP contribution in [0.5, 0.6) is 11.5 Å². The second-order valence-electron chi connectivity index (χ2n) is 4.71. The Bertz CT molecular complexity index is 702. The number of carbonyl (C=O) groups is 1. The van der Waals surface area contributed by atoms with Crippen molar-refractivity contribution in [1.29, 1.82) is 0 Å². The van der Waals surface area contributed by atoms with Crippen molar-refractivity contribution in [3.63, 3.8) is 0 Å². The fourth-order valence-electron chi connectivity index (χ4n) is 2.02. The van der Waals surface area contributed by atoms with Crippen LogP contribution in [-0.4, -0.2) is 18.7 Å². The van der Waals surface area contributed by atoms with Gasteiger partial charge in [0.1, 0.15) is 13.2 Å². The van der Waals surface area contributed by atoms with E-state index in [9.17, 15) is 4.79 Å². The van der Waals surface area contributed by atoms with E-state index < -0.39 is 12.1 Å². The highest BCUT2D eigenvalue weighted by molar-refractivity contribution is 6.35. The number of hydrogen-bond acceptors (Lipinski definition) is 4. The van der Waals surface area contributed by atoms with Crippen LogP contribution in [0, 0.1) is 0 Å². The van der Waals surface area contributed by atoms with Crippen LogP contribution < -0.4 is 9.47 Å². The summed E-state index contributed by atoms with van der Waals surface area (Å²) in [6.45, 7) is 0.167. The monoisotopic (exact) mass is 338 g/mol. The first kappa shape index (κ1) is 15.0. The minimum Gasteiger partial charge on any atom is -0.485 e. The van der Waals surface area contributed by atoms with Gasteiger partial charge in [0.25, 0.3) is 0 Å². The molecular formula is C16H12Cl2O4. The average molecular weight is 339 g/mol. The summed E-state index contributed by atoms with van der Waals surface area (Å²) >= 11 is 11.9. The molecule has 114 valence electrons. The lowest BCUT2D eigenvalue weighted by molar-refractivity contribution is -0.155. The molecule has 3 rings (SSSR count). The Kier molecular flexibility index (Phi) is 4.41. The lowest BCUT2D eigenvalue weighted by Crippen LogP contribution is -2.37. The molecule has 2 aromatic rings. The number of para-hydroxylation sites is 2. The molecule has 0 aliphatic carbocycles. The Morgan fingerprint density at radius 2 is 1.95 bits per heavy atom. The lowest BCUT2D eigenvalue weighted by atomic mass is 10.2. The number of benzene rings is 2. The Hall–Kier alpha value is -1.91.